The highest BCUT2D eigenvalue weighted by atomic mass is 16.4. The van der Waals surface area contributed by atoms with Gasteiger partial charge in [-0.3, -0.25) is 0 Å². The lowest BCUT2D eigenvalue weighted by Gasteiger charge is -2.07. The third-order valence-electron chi connectivity index (χ3n) is 1.90. The van der Waals surface area contributed by atoms with Crippen molar-refractivity contribution in [2.45, 2.75) is 6.92 Å². The van der Waals surface area contributed by atoms with Gasteiger partial charge in [-0.1, -0.05) is 17.3 Å². The average molecular weight is 208 g/mol. The van der Waals surface area contributed by atoms with E-state index in [2.05, 4.69) is 10.5 Å². The zero-order valence-corrected chi connectivity index (χ0v) is 8.19. The molecule has 6 heteroatoms. The van der Waals surface area contributed by atoms with E-state index in [0.717, 1.165) is 5.56 Å². The molecule has 0 saturated carbocycles. The molecule has 0 aliphatic heterocycles. The molecule has 0 radical (unpaired) electrons. The number of nitrogens with one attached hydrogen (secondary N) is 1. The zero-order valence-electron chi connectivity index (χ0n) is 8.19. The molecule has 0 aromatic heterocycles. The maximum absolute atomic E-state index is 10.7. The number of oxime groups is 1. The van der Waals surface area contributed by atoms with E-state index in [1.807, 2.05) is 0 Å². The molecule has 1 aromatic rings. The molecule has 1 rings (SSSR count). The van der Waals surface area contributed by atoms with E-state index in [1.165, 1.54) is 0 Å². The zero-order chi connectivity index (χ0) is 11.4. The van der Waals surface area contributed by atoms with Crippen LogP contribution in [-0.2, 0) is 0 Å². The molecule has 6 N–H and O–H groups in total. The van der Waals surface area contributed by atoms with Crippen LogP contribution in [-0.4, -0.2) is 17.1 Å². The smallest absolute Gasteiger partial charge is 0.316 e. The second-order valence-corrected chi connectivity index (χ2v) is 3.00. The van der Waals surface area contributed by atoms with Gasteiger partial charge in [0.1, 0.15) is 0 Å². The second-order valence-electron chi connectivity index (χ2n) is 3.00. The molecule has 15 heavy (non-hydrogen) atoms. The van der Waals surface area contributed by atoms with Gasteiger partial charge in [-0.15, -0.1) is 0 Å². The van der Waals surface area contributed by atoms with Crippen molar-refractivity contribution in [1.82, 2.24) is 0 Å². The maximum atomic E-state index is 10.7. The molecule has 0 spiro atoms. The number of primary amides is 1. The number of anilines is 1. The van der Waals surface area contributed by atoms with Crippen LogP contribution in [0, 0.1) is 6.92 Å². The van der Waals surface area contributed by atoms with Gasteiger partial charge < -0.3 is 22.0 Å². The lowest BCUT2D eigenvalue weighted by molar-refractivity contribution is 0.259. The molecule has 0 fully saturated rings. The molecule has 0 unspecified atom stereocenters. The number of aryl methyl sites for hydroxylation is 1. The summed E-state index contributed by atoms with van der Waals surface area (Å²) in [5, 5.41) is 13.8. The summed E-state index contributed by atoms with van der Waals surface area (Å²) < 4.78 is 0. The molecule has 80 valence electrons. The number of nitrogens with zero attached hydrogens (tertiary/aromatic N) is 1. The van der Waals surface area contributed by atoms with Crippen molar-refractivity contribution >= 4 is 17.6 Å². The van der Waals surface area contributed by atoms with Crippen LogP contribution in [0.25, 0.3) is 0 Å². The predicted molar refractivity (Wildman–Crippen MR) is 56.9 cm³/mol. The minimum Gasteiger partial charge on any atom is -0.409 e. The standard InChI is InChI=1S/C9H12N4O2/c1-5-2-3-6(8(10)13-15)4-7(5)12-9(11)14/h2-4,15H,1H3,(H2,10,13)(H3,11,12,14). The molecule has 1 aromatic carbocycles. The first-order valence-corrected chi connectivity index (χ1v) is 4.19. The Balaban J connectivity index is 3.10. The summed E-state index contributed by atoms with van der Waals surface area (Å²) in [4.78, 5) is 10.7. The van der Waals surface area contributed by atoms with Crippen LogP contribution >= 0.6 is 0 Å². The molecular formula is C9H12N4O2. The average Bonchev–Trinajstić information content (AvgIpc) is 2.19. The van der Waals surface area contributed by atoms with Gasteiger partial charge in [0.15, 0.2) is 5.84 Å². The lowest BCUT2D eigenvalue weighted by atomic mass is 10.1. The number of urea groups is 1. The quantitative estimate of drug-likeness (QED) is 0.246. The first-order valence-electron chi connectivity index (χ1n) is 4.19. The Hall–Kier alpha value is -2.24. The van der Waals surface area contributed by atoms with Crippen molar-refractivity contribution in [2.75, 3.05) is 5.32 Å². The lowest BCUT2D eigenvalue weighted by Crippen LogP contribution is -2.20. The molecule has 0 atom stereocenters. The molecule has 2 amide bonds. The monoisotopic (exact) mass is 208 g/mol. The molecule has 0 saturated heterocycles. The first kappa shape index (κ1) is 10.8. The Bertz CT molecular complexity index is 415. The SMILES string of the molecule is Cc1ccc(C(N)=NO)cc1NC(N)=O. The van der Waals surface area contributed by atoms with Crippen molar-refractivity contribution in [3.8, 4) is 0 Å². The molecule has 0 bridgehead atoms. The van der Waals surface area contributed by atoms with Crippen LogP contribution in [0.3, 0.4) is 0 Å². The van der Waals surface area contributed by atoms with Crippen molar-refractivity contribution in [3.63, 3.8) is 0 Å². The third kappa shape index (κ3) is 2.60. The summed E-state index contributed by atoms with van der Waals surface area (Å²) in [6.07, 6.45) is 0. The van der Waals surface area contributed by atoms with Crippen molar-refractivity contribution < 1.29 is 10.0 Å². The number of rotatable bonds is 2. The number of hydrogen-bond acceptors (Lipinski definition) is 3. The summed E-state index contributed by atoms with van der Waals surface area (Å²) >= 11 is 0. The highest BCUT2D eigenvalue weighted by Gasteiger charge is 2.05. The van der Waals surface area contributed by atoms with Crippen LogP contribution in [0.5, 0.6) is 0 Å². The van der Waals surface area contributed by atoms with E-state index < -0.39 is 6.03 Å². The predicted octanol–water partition coefficient (Wildman–Crippen LogP) is 0.580. The van der Waals surface area contributed by atoms with Crippen LogP contribution in [0.15, 0.2) is 23.4 Å². The van der Waals surface area contributed by atoms with E-state index in [1.54, 1.807) is 25.1 Å². The van der Waals surface area contributed by atoms with Crippen LogP contribution in [0.1, 0.15) is 11.1 Å². The number of amidine groups is 1. The van der Waals surface area contributed by atoms with Gasteiger partial charge in [0, 0.05) is 11.3 Å². The Morgan fingerprint density at radius 3 is 2.67 bits per heavy atom. The highest BCUT2D eigenvalue weighted by molar-refractivity contribution is 5.99. The largest absolute Gasteiger partial charge is 0.409 e. The highest BCUT2D eigenvalue weighted by Crippen LogP contribution is 2.16. The summed E-state index contributed by atoms with van der Waals surface area (Å²) in [5.74, 6) is -0.0254. The third-order valence-corrected chi connectivity index (χ3v) is 1.90. The number of benzene rings is 1. The topological polar surface area (TPSA) is 114 Å². The van der Waals surface area contributed by atoms with Crippen molar-refractivity contribution in [3.05, 3.63) is 29.3 Å². The van der Waals surface area contributed by atoms with Crippen molar-refractivity contribution in [2.24, 2.45) is 16.6 Å². The fourth-order valence-corrected chi connectivity index (χ4v) is 1.11. The summed E-state index contributed by atoms with van der Waals surface area (Å²) in [5.41, 5.74) is 12.3. The number of nitrogens with two attached hydrogens (primary N) is 2. The fourth-order valence-electron chi connectivity index (χ4n) is 1.11. The first-order chi connectivity index (χ1) is 7.04. The summed E-state index contributed by atoms with van der Waals surface area (Å²) in [7, 11) is 0. The molecular weight excluding hydrogens is 196 g/mol. The normalized spacial score (nSPS) is 11.1. The van der Waals surface area contributed by atoms with Crippen LogP contribution < -0.4 is 16.8 Å². The minimum atomic E-state index is -0.658. The number of carbonyl (C=O) groups is 1. The van der Waals surface area contributed by atoms with Gasteiger partial charge >= 0.3 is 6.03 Å². The molecule has 6 nitrogen and oxygen atoms in total. The van der Waals surface area contributed by atoms with E-state index >= 15 is 0 Å². The summed E-state index contributed by atoms with van der Waals surface area (Å²) in [6, 6.07) is 4.33. The number of hydrogen-bond donors (Lipinski definition) is 4. The maximum Gasteiger partial charge on any atom is 0.316 e. The van der Waals surface area contributed by atoms with Gasteiger partial charge in [0.2, 0.25) is 0 Å². The number of carbonyl (C=O) groups excluding carboxylic acids is 1. The Morgan fingerprint density at radius 2 is 2.13 bits per heavy atom. The van der Waals surface area contributed by atoms with Gasteiger partial charge in [0.25, 0.3) is 0 Å². The van der Waals surface area contributed by atoms with Crippen LogP contribution in [0.4, 0.5) is 10.5 Å². The van der Waals surface area contributed by atoms with Gasteiger partial charge in [0.05, 0.1) is 0 Å². The Labute approximate surface area is 86.6 Å². The van der Waals surface area contributed by atoms with E-state index in [-0.39, 0.29) is 5.84 Å². The van der Waals surface area contributed by atoms with E-state index in [0.29, 0.717) is 11.3 Å². The Morgan fingerprint density at radius 1 is 1.47 bits per heavy atom. The minimum absolute atomic E-state index is 0.0254. The Kier molecular flexibility index (Phi) is 3.12. The van der Waals surface area contributed by atoms with Gasteiger partial charge in [-0.25, -0.2) is 4.79 Å². The van der Waals surface area contributed by atoms with E-state index in [4.69, 9.17) is 16.7 Å². The molecule has 0 aliphatic carbocycles. The second kappa shape index (κ2) is 4.32. The fraction of sp³-hybridized carbons (Fsp3) is 0.111. The molecule has 0 aliphatic rings. The van der Waals surface area contributed by atoms with Gasteiger partial charge in [-0.2, -0.15) is 0 Å². The van der Waals surface area contributed by atoms with Gasteiger partial charge in [-0.05, 0) is 18.6 Å². The summed E-state index contributed by atoms with van der Waals surface area (Å²) in [6.45, 7) is 1.81. The van der Waals surface area contributed by atoms with Crippen LogP contribution in [0.2, 0.25) is 0 Å². The van der Waals surface area contributed by atoms with Crippen molar-refractivity contribution in [1.29, 1.82) is 0 Å². The van der Waals surface area contributed by atoms with E-state index in [9.17, 15) is 4.79 Å². The molecule has 0 heterocycles. The number of amides is 2.